The first-order valence-corrected chi connectivity index (χ1v) is 7.25. The van der Waals surface area contributed by atoms with Crippen molar-refractivity contribution < 1.29 is 14.4 Å². The van der Waals surface area contributed by atoms with E-state index in [-0.39, 0.29) is 11.9 Å². The molecular formula is C15H22N4O3. The van der Waals surface area contributed by atoms with Gasteiger partial charge in [-0.05, 0) is 32.9 Å². The highest BCUT2D eigenvalue weighted by atomic mass is 16.7. The molecule has 1 amide bonds. The van der Waals surface area contributed by atoms with E-state index in [9.17, 15) is 9.59 Å². The summed E-state index contributed by atoms with van der Waals surface area (Å²) in [7, 11) is 0. The molecule has 0 aromatic carbocycles. The lowest BCUT2D eigenvalue weighted by molar-refractivity contribution is -0.205. The van der Waals surface area contributed by atoms with Gasteiger partial charge in [-0.2, -0.15) is 0 Å². The molecule has 2 heterocycles. The van der Waals surface area contributed by atoms with Gasteiger partial charge in [-0.25, -0.2) is 4.79 Å². The Morgan fingerprint density at radius 2 is 1.86 bits per heavy atom. The molecule has 2 rings (SSSR count). The van der Waals surface area contributed by atoms with E-state index in [2.05, 4.69) is 4.98 Å². The number of hydrogen-bond acceptors (Lipinski definition) is 6. The lowest BCUT2D eigenvalue weighted by Crippen LogP contribution is -2.50. The summed E-state index contributed by atoms with van der Waals surface area (Å²) in [5.74, 6) is -0.432. The van der Waals surface area contributed by atoms with Crippen molar-refractivity contribution in [1.29, 1.82) is 0 Å². The summed E-state index contributed by atoms with van der Waals surface area (Å²) >= 11 is 0. The third-order valence-corrected chi connectivity index (χ3v) is 3.35. The fraction of sp³-hybridized carbons (Fsp3) is 0.533. The van der Waals surface area contributed by atoms with Gasteiger partial charge in [0.15, 0.2) is 0 Å². The van der Waals surface area contributed by atoms with E-state index in [4.69, 9.17) is 10.6 Å². The van der Waals surface area contributed by atoms with Crippen LogP contribution in [0, 0.1) is 5.41 Å². The Bertz CT molecular complexity index is 560. The lowest BCUT2D eigenvalue weighted by atomic mass is 9.98. The average Bonchev–Trinajstić information content (AvgIpc) is 2.46. The first kappa shape index (κ1) is 16.2. The van der Waals surface area contributed by atoms with Crippen molar-refractivity contribution in [2.45, 2.75) is 20.8 Å². The number of anilines is 1. The van der Waals surface area contributed by atoms with Crippen LogP contribution in [0.4, 0.5) is 5.69 Å². The second kappa shape index (κ2) is 6.31. The Kier molecular flexibility index (Phi) is 4.65. The van der Waals surface area contributed by atoms with E-state index in [1.807, 2.05) is 0 Å². The third-order valence-electron chi connectivity index (χ3n) is 3.35. The molecule has 0 radical (unpaired) electrons. The minimum Gasteiger partial charge on any atom is -0.399 e. The topological polar surface area (TPSA) is 88.8 Å². The van der Waals surface area contributed by atoms with Crippen LogP contribution < -0.4 is 5.73 Å². The summed E-state index contributed by atoms with van der Waals surface area (Å²) in [6.07, 6.45) is 1.52. The van der Waals surface area contributed by atoms with Crippen LogP contribution in [0.1, 0.15) is 31.3 Å². The number of rotatable bonds is 2. The van der Waals surface area contributed by atoms with E-state index < -0.39 is 5.41 Å². The molecule has 7 heteroatoms. The van der Waals surface area contributed by atoms with Gasteiger partial charge in [0.1, 0.15) is 5.69 Å². The van der Waals surface area contributed by atoms with Crippen LogP contribution >= 0.6 is 0 Å². The first-order chi connectivity index (χ1) is 10.3. The molecule has 0 spiro atoms. The minimum absolute atomic E-state index is 0.158. The largest absolute Gasteiger partial charge is 0.399 e. The number of nitrogen functional groups attached to an aromatic ring is 1. The molecule has 1 aliphatic heterocycles. The van der Waals surface area contributed by atoms with E-state index in [1.54, 1.807) is 42.9 Å². The van der Waals surface area contributed by atoms with Crippen LogP contribution in [0.15, 0.2) is 18.3 Å². The summed E-state index contributed by atoms with van der Waals surface area (Å²) in [5, 5.41) is 1.60. The molecule has 0 atom stereocenters. The molecular weight excluding hydrogens is 284 g/mol. The Morgan fingerprint density at radius 3 is 2.41 bits per heavy atom. The molecule has 1 aromatic rings. The van der Waals surface area contributed by atoms with Crippen LogP contribution in [0.25, 0.3) is 0 Å². The summed E-state index contributed by atoms with van der Waals surface area (Å²) in [6, 6.07) is 3.20. The number of hydrogen-bond donors (Lipinski definition) is 1. The SMILES string of the molecule is CC(C)(C)C(=O)ON1CCN(C(=O)c2cc(N)ccn2)CC1. The smallest absolute Gasteiger partial charge is 0.330 e. The van der Waals surface area contributed by atoms with Gasteiger partial charge in [0.2, 0.25) is 0 Å². The van der Waals surface area contributed by atoms with Gasteiger partial charge in [-0.15, -0.1) is 5.06 Å². The highest BCUT2D eigenvalue weighted by molar-refractivity contribution is 5.93. The third kappa shape index (κ3) is 3.94. The standard InChI is InChI=1S/C15H22N4O3/c1-15(2,3)14(21)22-19-8-6-18(7-9-19)13(20)12-10-11(16)4-5-17-12/h4-5,10H,6-9H2,1-3H3,(H2,16,17). The van der Waals surface area contributed by atoms with Crippen molar-refractivity contribution in [1.82, 2.24) is 14.9 Å². The maximum atomic E-state index is 12.3. The van der Waals surface area contributed by atoms with Crippen molar-refractivity contribution in [2.24, 2.45) is 5.41 Å². The molecule has 120 valence electrons. The zero-order valence-corrected chi connectivity index (χ0v) is 13.2. The Balaban J connectivity index is 1.89. The molecule has 22 heavy (non-hydrogen) atoms. The number of carbonyl (C=O) groups is 2. The van der Waals surface area contributed by atoms with Gasteiger partial charge in [0.05, 0.1) is 18.5 Å². The van der Waals surface area contributed by atoms with Gasteiger partial charge in [0, 0.05) is 25.0 Å². The molecule has 0 bridgehead atoms. The minimum atomic E-state index is -0.543. The fourth-order valence-corrected chi connectivity index (χ4v) is 1.96. The van der Waals surface area contributed by atoms with Crippen LogP contribution in [-0.2, 0) is 9.63 Å². The monoisotopic (exact) mass is 306 g/mol. The normalized spacial score (nSPS) is 16.4. The van der Waals surface area contributed by atoms with Crippen molar-refractivity contribution in [3.05, 3.63) is 24.0 Å². The molecule has 0 unspecified atom stereocenters. The molecule has 1 saturated heterocycles. The lowest BCUT2D eigenvalue weighted by Gasteiger charge is -2.34. The zero-order valence-electron chi connectivity index (χ0n) is 13.2. The Morgan fingerprint density at radius 1 is 1.23 bits per heavy atom. The number of piperazine rings is 1. The van der Waals surface area contributed by atoms with E-state index in [1.165, 1.54) is 6.20 Å². The maximum Gasteiger partial charge on any atom is 0.330 e. The molecule has 1 aromatic heterocycles. The van der Waals surface area contributed by atoms with Gasteiger partial charge in [-0.3, -0.25) is 9.78 Å². The number of aromatic nitrogens is 1. The number of amides is 1. The fourth-order valence-electron chi connectivity index (χ4n) is 1.96. The summed E-state index contributed by atoms with van der Waals surface area (Å²) in [4.78, 5) is 35.2. The summed E-state index contributed by atoms with van der Waals surface area (Å²) < 4.78 is 0. The Hall–Kier alpha value is -2.15. The highest BCUT2D eigenvalue weighted by Crippen LogP contribution is 2.17. The second-order valence-electron chi connectivity index (χ2n) is 6.32. The van der Waals surface area contributed by atoms with Crippen LogP contribution in [0.3, 0.4) is 0 Å². The van der Waals surface area contributed by atoms with Crippen molar-refractivity contribution in [3.8, 4) is 0 Å². The summed E-state index contributed by atoms with van der Waals surface area (Å²) in [5.41, 5.74) is 5.97. The Labute approximate surface area is 130 Å². The molecule has 0 aliphatic carbocycles. The predicted octanol–water partition coefficient (Wildman–Crippen LogP) is 0.926. The number of hydroxylamine groups is 2. The van der Waals surface area contributed by atoms with Gasteiger partial charge < -0.3 is 15.5 Å². The van der Waals surface area contributed by atoms with Crippen LogP contribution in [0.5, 0.6) is 0 Å². The first-order valence-electron chi connectivity index (χ1n) is 7.25. The molecule has 2 N–H and O–H groups in total. The molecule has 7 nitrogen and oxygen atoms in total. The van der Waals surface area contributed by atoms with Gasteiger partial charge >= 0.3 is 5.97 Å². The van der Waals surface area contributed by atoms with Crippen molar-refractivity contribution >= 4 is 17.6 Å². The van der Waals surface area contributed by atoms with Gasteiger partial charge in [-0.1, -0.05) is 0 Å². The number of carbonyl (C=O) groups excluding carboxylic acids is 2. The average molecular weight is 306 g/mol. The quantitative estimate of drug-likeness (QED) is 0.874. The van der Waals surface area contributed by atoms with Crippen LogP contribution in [-0.4, -0.2) is 53.0 Å². The number of pyridine rings is 1. The van der Waals surface area contributed by atoms with Gasteiger partial charge in [0.25, 0.3) is 5.91 Å². The number of nitrogens with two attached hydrogens (primary N) is 1. The highest BCUT2D eigenvalue weighted by Gasteiger charge is 2.29. The molecule has 1 fully saturated rings. The zero-order chi connectivity index (χ0) is 16.3. The van der Waals surface area contributed by atoms with Crippen molar-refractivity contribution in [2.75, 3.05) is 31.9 Å². The summed E-state index contributed by atoms with van der Waals surface area (Å²) in [6.45, 7) is 7.34. The maximum absolute atomic E-state index is 12.3. The van der Waals surface area contributed by atoms with Crippen LogP contribution in [0.2, 0.25) is 0 Å². The van der Waals surface area contributed by atoms with E-state index in [0.29, 0.717) is 37.6 Å². The second-order valence-corrected chi connectivity index (χ2v) is 6.32. The van der Waals surface area contributed by atoms with E-state index >= 15 is 0 Å². The predicted molar refractivity (Wildman–Crippen MR) is 81.7 cm³/mol. The number of nitrogens with zero attached hydrogens (tertiary/aromatic N) is 3. The molecule has 1 aliphatic rings. The van der Waals surface area contributed by atoms with E-state index in [0.717, 1.165) is 0 Å². The van der Waals surface area contributed by atoms with Crippen molar-refractivity contribution in [3.63, 3.8) is 0 Å². The molecule has 0 saturated carbocycles.